The molecule has 0 fully saturated rings. The predicted octanol–water partition coefficient (Wildman–Crippen LogP) is 2.24. The second kappa shape index (κ2) is 4.20. The standard InChI is InChI=1S/C10H11NS/c1-4-9-5-7-10(8-6-9)12-11(2)3/h1,5-8H,2-3H3. The van der Waals surface area contributed by atoms with Crippen LogP contribution in [-0.4, -0.2) is 18.4 Å². The lowest BCUT2D eigenvalue weighted by Gasteiger charge is -2.07. The van der Waals surface area contributed by atoms with Gasteiger partial charge in [-0.25, -0.2) is 0 Å². The smallest absolute Gasteiger partial charge is 0.0243 e. The van der Waals surface area contributed by atoms with Gasteiger partial charge in [-0.15, -0.1) is 6.42 Å². The first-order valence-corrected chi connectivity index (χ1v) is 4.41. The quantitative estimate of drug-likeness (QED) is 0.503. The van der Waals surface area contributed by atoms with E-state index in [2.05, 4.69) is 5.92 Å². The van der Waals surface area contributed by atoms with E-state index in [1.165, 1.54) is 4.90 Å². The van der Waals surface area contributed by atoms with Crippen molar-refractivity contribution in [1.82, 2.24) is 4.31 Å². The van der Waals surface area contributed by atoms with Crippen LogP contribution in [0.4, 0.5) is 0 Å². The summed E-state index contributed by atoms with van der Waals surface area (Å²) in [7, 11) is 4.03. The number of terminal acetylenes is 1. The van der Waals surface area contributed by atoms with Gasteiger partial charge in [-0.3, -0.25) is 4.31 Å². The molecule has 0 aromatic heterocycles. The van der Waals surface area contributed by atoms with Crippen LogP contribution in [0.5, 0.6) is 0 Å². The van der Waals surface area contributed by atoms with Crippen LogP contribution in [0.3, 0.4) is 0 Å². The van der Waals surface area contributed by atoms with Crippen LogP contribution < -0.4 is 0 Å². The van der Waals surface area contributed by atoms with E-state index in [1.54, 1.807) is 11.9 Å². The molecule has 1 rings (SSSR count). The Balaban J connectivity index is 2.73. The van der Waals surface area contributed by atoms with Crippen LogP contribution in [0.25, 0.3) is 0 Å². The Labute approximate surface area is 77.9 Å². The van der Waals surface area contributed by atoms with E-state index in [0.29, 0.717) is 0 Å². The van der Waals surface area contributed by atoms with Gasteiger partial charge in [0.15, 0.2) is 0 Å². The molecule has 0 bridgehead atoms. The first-order valence-electron chi connectivity index (χ1n) is 3.64. The van der Waals surface area contributed by atoms with E-state index in [-0.39, 0.29) is 0 Å². The van der Waals surface area contributed by atoms with E-state index >= 15 is 0 Å². The van der Waals surface area contributed by atoms with E-state index in [0.717, 1.165) is 5.56 Å². The summed E-state index contributed by atoms with van der Waals surface area (Å²) in [5.41, 5.74) is 0.929. The Hall–Kier alpha value is -0.910. The molecule has 0 heterocycles. The summed E-state index contributed by atoms with van der Waals surface area (Å²) < 4.78 is 2.05. The van der Waals surface area contributed by atoms with Crippen LogP contribution >= 0.6 is 11.9 Å². The Bertz CT molecular complexity index is 282. The molecule has 1 aromatic carbocycles. The number of rotatable bonds is 2. The molecule has 1 nitrogen and oxygen atoms in total. The zero-order valence-electron chi connectivity index (χ0n) is 7.24. The third kappa shape index (κ3) is 2.61. The van der Waals surface area contributed by atoms with E-state index in [1.807, 2.05) is 42.7 Å². The van der Waals surface area contributed by atoms with Gasteiger partial charge in [-0.1, -0.05) is 5.92 Å². The molecule has 12 heavy (non-hydrogen) atoms. The second-order valence-corrected chi connectivity index (χ2v) is 3.96. The molecule has 2 heteroatoms. The number of hydrogen-bond acceptors (Lipinski definition) is 2. The molecule has 0 N–H and O–H groups in total. The lowest BCUT2D eigenvalue weighted by molar-refractivity contribution is 0.702. The van der Waals surface area contributed by atoms with Crippen molar-refractivity contribution in [2.75, 3.05) is 14.1 Å². The molecule has 0 amide bonds. The fourth-order valence-corrected chi connectivity index (χ4v) is 1.50. The first kappa shape index (κ1) is 9.18. The van der Waals surface area contributed by atoms with Gasteiger partial charge >= 0.3 is 0 Å². The minimum Gasteiger partial charge on any atom is -0.253 e. The molecule has 0 saturated carbocycles. The third-order valence-corrected chi connectivity index (χ3v) is 2.16. The molecule has 0 aliphatic rings. The molecule has 0 aliphatic carbocycles. The van der Waals surface area contributed by atoms with Crippen molar-refractivity contribution in [3.63, 3.8) is 0 Å². The van der Waals surface area contributed by atoms with Crippen molar-refractivity contribution in [3.05, 3.63) is 29.8 Å². The van der Waals surface area contributed by atoms with Crippen molar-refractivity contribution in [2.45, 2.75) is 4.90 Å². The highest BCUT2D eigenvalue weighted by Gasteiger charge is 1.94. The predicted molar refractivity (Wildman–Crippen MR) is 53.9 cm³/mol. The van der Waals surface area contributed by atoms with Gasteiger partial charge in [0, 0.05) is 10.5 Å². The summed E-state index contributed by atoms with van der Waals surface area (Å²) in [5, 5.41) is 0. The maximum absolute atomic E-state index is 5.23. The SMILES string of the molecule is C#Cc1ccc(SN(C)C)cc1. The Morgan fingerprint density at radius 2 is 1.83 bits per heavy atom. The fourth-order valence-electron chi connectivity index (χ4n) is 0.823. The van der Waals surface area contributed by atoms with Crippen LogP contribution in [0.1, 0.15) is 5.56 Å². The zero-order valence-corrected chi connectivity index (χ0v) is 8.06. The summed E-state index contributed by atoms with van der Waals surface area (Å²) in [6, 6.07) is 7.96. The second-order valence-electron chi connectivity index (χ2n) is 2.57. The molecule has 0 saturated heterocycles. The molecular formula is C10H11NS. The van der Waals surface area contributed by atoms with Gasteiger partial charge in [-0.05, 0) is 50.3 Å². The molecule has 0 radical (unpaired) electrons. The largest absolute Gasteiger partial charge is 0.253 e. The molecule has 0 aliphatic heterocycles. The van der Waals surface area contributed by atoms with Crippen molar-refractivity contribution in [2.24, 2.45) is 0 Å². The van der Waals surface area contributed by atoms with Gasteiger partial charge in [-0.2, -0.15) is 0 Å². The molecule has 0 unspecified atom stereocenters. The highest BCUT2D eigenvalue weighted by Crippen LogP contribution is 2.19. The molecule has 1 aromatic rings. The van der Waals surface area contributed by atoms with Crippen molar-refractivity contribution in [3.8, 4) is 12.3 Å². The maximum Gasteiger partial charge on any atom is 0.0243 e. The van der Waals surface area contributed by atoms with Gasteiger partial charge in [0.25, 0.3) is 0 Å². The maximum atomic E-state index is 5.23. The van der Waals surface area contributed by atoms with Crippen molar-refractivity contribution >= 4 is 11.9 Å². The van der Waals surface area contributed by atoms with Gasteiger partial charge in [0.2, 0.25) is 0 Å². The molecule has 62 valence electrons. The van der Waals surface area contributed by atoms with E-state index in [4.69, 9.17) is 6.42 Å². The van der Waals surface area contributed by atoms with Crippen LogP contribution in [0.15, 0.2) is 29.2 Å². The Morgan fingerprint density at radius 1 is 1.25 bits per heavy atom. The average Bonchev–Trinajstić information content (AvgIpc) is 2.05. The lowest BCUT2D eigenvalue weighted by Crippen LogP contribution is -1.98. The van der Waals surface area contributed by atoms with Crippen LogP contribution in [0, 0.1) is 12.3 Å². The highest BCUT2D eigenvalue weighted by atomic mass is 32.2. The molecule has 0 atom stereocenters. The van der Waals surface area contributed by atoms with Crippen LogP contribution in [-0.2, 0) is 0 Å². The Kier molecular flexibility index (Phi) is 3.21. The number of nitrogens with zero attached hydrogens (tertiary/aromatic N) is 1. The van der Waals surface area contributed by atoms with Gasteiger partial charge in [0.05, 0.1) is 0 Å². The first-order chi connectivity index (χ1) is 5.72. The number of benzene rings is 1. The van der Waals surface area contributed by atoms with Crippen molar-refractivity contribution in [1.29, 1.82) is 0 Å². The van der Waals surface area contributed by atoms with Gasteiger partial charge < -0.3 is 0 Å². The lowest BCUT2D eigenvalue weighted by atomic mass is 10.2. The topological polar surface area (TPSA) is 3.24 Å². The summed E-state index contributed by atoms with van der Waals surface area (Å²) in [6.45, 7) is 0. The number of hydrogen-bond donors (Lipinski definition) is 0. The minimum absolute atomic E-state index is 0.929. The van der Waals surface area contributed by atoms with Crippen LogP contribution in [0.2, 0.25) is 0 Å². The average molecular weight is 177 g/mol. The summed E-state index contributed by atoms with van der Waals surface area (Å²) in [5.74, 6) is 2.58. The normalized spacial score (nSPS) is 9.83. The van der Waals surface area contributed by atoms with E-state index < -0.39 is 0 Å². The Morgan fingerprint density at radius 3 is 2.25 bits per heavy atom. The summed E-state index contributed by atoms with van der Waals surface area (Å²) in [6.07, 6.45) is 5.23. The minimum atomic E-state index is 0.929. The van der Waals surface area contributed by atoms with Crippen molar-refractivity contribution < 1.29 is 0 Å². The summed E-state index contributed by atoms with van der Waals surface area (Å²) >= 11 is 1.68. The highest BCUT2D eigenvalue weighted by molar-refractivity contribution is 7.97. The monoisotopic (exact) mass is 177 g/mol. The molecule has 0 spiro atoms. The third-order valence-electron chi connectivity index (χ3n) is 1.31. The van der Waals surface area contributed by atoms with Gasteiger partial charge in [0.1, 0.15) is 0 Å². The van der Waals surface area contributed by atoms with E-state index in [9.17, 15) is 0 Å². The fraction of sp³-hybridized carbons (Fsp3) is 0.200. The molecular weight excluding hydrogens is 166 g/mol. The zero-order chi connectivity index (χ0) is 8.97. The summed E-state index contributed by atoms with van der Waals surface area (Å²) in [4.78, 5) is 1.21.